The molecule has 0 aromatic carbocycles. The summed E-state index contributed by atoms with van der Waals surface area (Å²) in [5.74, 6) is 0.115. The van der Waals surface area contributed by atoms with Crippen molar-refractivity contribution < 1.29 is 9.59 Å². The summed E-state index contributed by atoms with van der Waals surface area (Å²) >= 11 is 0. The predicted molar refractivity (Wildman–Crippen MR) is 51.6 cm³/mol. The van der Waals surface area contributed by atoms with E-state index >= 15 is 0 Å². The van der Waals surface area contributed by atoms with Crippen molar-refractivity contribution in [3.63, 3.8) is 0 Å². The number of amides is 2. The molecule has 1 unspecified atom stereocenters. The Hall–Kier alpha value is -1.06. The Morgan fingerprint density at radius 3 is 2.71 bits per heavy atom. The van der Waals surface area contributed by atoms with Gasteiger partial charge >= 0.3 is 0 Å². The van der Waals surface area contributed by atoms with Gasteiger partial charge in [-0.1, -0.05) is 13.3 Å². The topological polar surface area (TPSA) is 49.4 Å². The summed E-state index contributed by atoms with van der Waals surface area (Å²) in [5.41, 5.74) is 0. The van der Waals surface area contributed by atoms with Crippen molar-refractivity contribution in [1.82, 2.24) is 10.2 Å². The van der Waals surface area contributed by atoms with Gasteiger partial charge in [-0.2, -0.15) is 0 Å². The third kappa shape index (κ3) is 1.74. The third-order valence-corrected chi connectivity index (χ3v) is 2.80. The summed E-state index contributed by atoms with van der Waals surface area (Å²) < 4.78 is 0. The van der Waals surface area contributed by atoms with Crippen molar-refractivity contribution in [3.8, 4) is 0 Å². The number of hydrogen-bond acceptors (Lipinski definition) is 2. The molecule has 14 heavy (non-hydrogen) atoms. The molecule has 1 N–H and O–H groups in total. The van der Waals surface area contributed by atoms with Crippen LogP contribution in [0.15, 0.2) is 0 Å². The first-order valence-electron chi connectivity index (χ1n) is 5.32. The Morgan fingerprint density at radius 2 is 2.14 bits per heavy atom. The summed E-state index contributed by atoms with van der Waals surface area (Å²) in [7, 11) is 0. The van der Waals surface area contributed by atoms with E-state index in [9.17, 15) is 9.59 Å². The van der Waals surface area contributed by atoms with E-state index in [4.69, 9.17) is 0 Å². The van der Waals surface area contributed by atoms with Gasteiger partial charge in [0.05, 0.1) is 6.54 Å². The Balaban J connectivity index is 2.04. The highest BCUT2D eigenvalue weighted by molar-refractivity contribution is 5.95. The zero-order valence-electron chi connectivity index (χ0n) is 8.45. The first-order valence-corrected chi connectivity index (χ1v) is 5.32. The fraction of sp³-hybridized carbons (Fsp3) is 0.800. The zero-order valence-corrected chi connectivity index (χ0v) is 8.45. The van der Waals surface area contributed by atoms with Crippen molar-refractivity contribution in [2.45, 2.75) is 44.7 Å². The van der Waals surface area contributed by atoms with Crippen LogP contribution in [0.3, 0.4) is 0 Å². The quantitative estimate of drug-likeness (QED) is 0.704. The Bertz CT molecular complexity index is 261. The smallest absolute Gasteiger partial charge is 0.245 e. The maximum Gasteiger partial charge on any atom is 0.245 e. The Labute approximate surface area is 83.6 Å². The molecule has 0 aromatic heterocycles. The molecule has 4 nitrogen and oxygen atoms in total. The van der Waals surface area contributed by atoms with Crippen molar-refractivity contribution in [3.05, 3.63) is 0 Å². The Kier molecular flexibility index (Phi) is 2.44. The second kappa shape index (κ2) is 3.59. The monoisotopic (exact) mass is 196 g/mol. The molecule has 1 aliphatic heterocycles. The van der Waals surface area contributed by atoms with E-state index in [-0.39, 0.29) is 24.4 Å². The van der Waals surface area contributed by atoms with Crippen LogP contribution in [0.5, 0.6) is 0 Å². The lowest BCUT2D eigenvalue weighted by atomic mass is 10.1. The van der Waals surface area contributed by atoms with Gasteiger partial charge in [-0.25, -0.2) is 0 Å². The minimum Gasteiger partial charge on any atom is -0.343 e. The highest BCUT2D eigenvalue weighted by Crippen LogP contribution is 2.28. The molecule has 0 spiro atoms. The molecule has 2 aliphatic rings. The lowest BCUT2D eigenvalue weighted by molar-refractivity contribution is -0.145. The van der Waals surface area contributed by atoms with Gasteiger partial charge < -0.3 is 10.2 Å². The number of nitrogens with one attached hydrogen (secondary N) is 1. The van der Waals surface area contributed by atoms with E-state index in [2.05, 4.69) is 5.32 Å². The fourth-order valence-electron chi connectivity index (χ4n) is 1.91. The highest BCUT2D eigenvalue weighted by Gasteiger charge is 2.40. The molecule has 0 bridgehead atoms. The molecule has 1 heterocycles. The van der Waals surface area contributed by atoms with Crippen LogP contribution in [0.4, 0.5) is 0 Å². The summed E-state index contributed by atoms with van der Waals surface area (Å²) in [6.07, 6.45) is 3.82. The molecule has 0 aromatic rings. The summed E-state index contributed by atoms with van der Waals surface area (Å²) in [6, 6.07) is 0.0924. The standard InChI is InChI=1S/C10H16N2O2/c1-2-3-8-10(14)12(7-4-5-7)6-9(13)11-8/h7-8H,2-6H2,1H3,(H,11,13). The van der Waals surface area contributed by atoms with Crippen molar-refractivity contribution >= 4 is 11.8 Å². The number of piperazine rings is 1. The van der Waals surface area contributed by atoms with Gasteiger partial charge in [0.1, 0.15) is 6.04 Å². The maximum atomic E-state index is 11.9. The molecular formula is C10H16N2O2. The first kappa shape index (κ1) is 9.49. The van der Waals surface area contributed by atoms with Crippen LogP contribution < -0.4 is 5.32 Å². The van der Waals surface area contributed by atoms with Gasteiger partial charge in [0.25, 0.3) is 0 Å². The predicted octanol–water partition coefficient (Wildman–Crippen LogP) is 0.276. The van der Waals surface area contributed by atoms with Crippen LogP contribution in [-0.2, 0) is 9.59 Å². The lowest BCUT2D eigenvalue weighted by Crippen LogP contribution is -2.58. The largest absolute Gasteiger partial charge is 0.343 e. The van der Waals surface area contributed by atoms with Crippen LogP contribution in [0.2, 0.25) is 0 Å². The Morgan fingerprint density at radius 1 is 1.43 bits per heavy atom. The van der Waals surface area contributed by atoms with Gasteiger partial charge in [0.15, 0.2) is 0 Å². The molecule has 1 atom stereocenters. The van der Waals surface area contributed by atoms with E-state index < -0.39 is 0 Å². The highest BCUT2D eigenvalue weighted by atomic mass is 16.2. The molecule has 78 valence electrons. The van der Waals surface area contributed by atoms with E-state index in [1.54, 1.807) is 4.90 Å². The molecule has 2 rings (SSSR count). The normalized spacial score (nSPS) is 27.8. The minimum absolute atomic E-state index is 0.00468. The molecule has 4 heteroatoms. The number of rotatable bonds is 3. The third-order valence-electron chi connectivity index (χ3n) is 2.80. The minimum atomic E-state index is -0.262. The average molecular weight is 196 g/mol. The van der Waals surface area contributed by atoms with Crippen LogP contribution in [0.1, 0.15) is 32.6 Å². The molecule has 2 amide bonds. The van der Waals surface area contributed by atoms with Crippen LogP contribution in [0.25, 0.3) is 0 Å². The van der Waals surface area contributed by atoms with E-state index in [1.165, 1.54) is 0 Å². The second-order valence-electron chi connectivity index (χ2n) is 4.11. The van der Waals surface area contributed by atoms with Gasteiger partial charge in [-0.15, -0.1) is 0 Å². The molecule has 2 fully saturated rings. The summed E-state index contributed by atoms with van der Waals surface area (Å²) in [4.78, 5) is 24.9. The maximum absolute atomic E-state index is 11.9. The van der Waals surface area contributed by atoms with E-state index in [0.717, 1.165) is 25.7 Å². The van der Waals surface area contributed by atoms with Gasteiger partial charge in [0, 0.05) is 6.04 Å². The van der Waals surface area contributed by atoms with Crippen molar-refractivity contribution in [1.29, 1.82) is 0 Å². The number of hydrogen-bond donors (Lipinski definition) is 1. The van der Waals surface area contributed by atoms with Crippen molar-refractivity contribution in [2.24, 2.45) is 0 Å². The number of nitrogens with zero attached hydrogens (tertiary/aromatic N) is 1. The second-order valence-corrected chi connectivity index (χ2v) is 4.11. The molecular weight excluding hydrogens is 180 g/mol. The number of carbonyl (C=O) groups is 2. The summed E-state index contributed by atoms with van der Waals surface area (Å²) in [6.45, 7) is 2.29. The van der Waals surface area contributed by atoms with Gasteiger partial charge in [-0.05, 0) is 19.3 Å². The molecule has 1 saturated carbocycles. The zero-order chi connectivity index (χ0) is 10.1. The van der Waals surface area contributed by atoms with Crippen LogP contribution in [-0.4, -0.2) is 35.3 Å². The van der Waals surface area contributed by atoms with Gasteiger partial charge in [-0.3, -0.25) is 9.59 Å². The molecule has 1 aliphatic carbocycles. The van der Waals surface area contributed by atoms with Gasteiger partial charge in [0.2, 0.25) is 11.8 Å². The first-order chi connectivity index (χ1) is 6.72. The molecule has 1 saturated heterocycles. The average Bonchev–Trinajstić information content (AvgIpc) is 2.94. The summed E-state index contributed by atoms with van der Waals surface area (Å²) in [5, 5.41) is 2.75. The lowest BCUT2D eigenvalue weighted by Gasteiger charge is -2.32. The molecule has 0 radical (unpaired) electrons. The van der Waals surface area contributed by atoms with E-state index in [0.29, 0.717) is 6.04 Å². The SMILES string of the molecule is CCCC1NC(=O)CN(C2CC2)C1=O. The van der Waals surface area contributed by atoms with E-state index in [1.807, 2.05) is 6.92 Å². The number of carbonyl (C=O) groups excluding carboxylic acids is 2. The van der Waals surface area contributed by atoms with Crippen LogP contribution >= 0.6 is 0 Å². The van der Waals surface area contributed by atoms with Crippen LogP contribution in [0, 0.1) is 0 Å². The van der Waals surface area contributed by atoms with Crippen molar-refractivity contribution in [2.75, 3.05) is 6.54 Å². The fourth-order valence-corrected chi connectivity index (χ4v) is 1.91.